The van der Waals surface area contributed by atoms with Crippen LogP contribution in [0.2, 0.25) is 0 Å². The third-order valence-corrected chi connectivity index (χ3v) is 3.68. The lowest BCUT2D eigenvalue weighted by atomic mass is 9.96. The average Bonchev–Trinajstić information content (AvgIpc) is 2.60. The number of methoxy groups -OCH3 is 1. The number of hydrogen-bond donors (Lipinski definition) is 0. The maximum Gasteiger partial charge on any atom is 0.338 e. The molecule has 0 unspecified atom stereocenters. The fourth-order valence-corrected chi connectivity index (χ4v) is 2.53. The number of ether oxygens (including phenoxy) is 1. The lowest BCUT2D eigenvalue weighted by Gasteiger charge is -2.09. The fourth-order valence-electron chi connectivity index (χ4n) is 2.53. The maximum atomic E-state index is 12.0. The molecule has 0 bridgehead atoms. The second kappa shape index (κ2) is 5.88. The van der Waals surface area contributed by atoms with Crippen LogP contribution in [0.5, 0.6) is 0 Å². The highest BCUT2D eigenvalue weighted by Gasteiger charge is 2.18. The van der Waals surface area contributed by atoms with E-state index in [2.05, 4.69) is 0 Å². The van der Waals surface area contributed by atoms with Crippen LogP contribution in [0.15, 0.2) is 60.7 Å². The minimum atomic E-state index is -0.525. The zero-order valence-corrected chi connectivity index (χ0v) is 12.4. The van der Waals surface area contributed by atoms with Gasteiger partial charge in [-0.25, -0.2) is 4.79 Å². The first-order valence-electron chi connectivity index (χ1n) is 6.96. The van der Waals surface area contributed by atoms with E-state index < -0.39 is 10.9 Å². The zero-order chi connectivity index (χ0) is 16.4. The Morgan fingerprint density at radius 2 is 1.74 bits per heavy atom. The zero-order valence-electron chi connectivity index (χ0n) is 12.4. The Morgan fingerprint density at radius 3 is 2.43 bits per heavy atom. The highest BCUT2D eigenvalue weighted by atomic mass is 16.6. The molecule has 0 amide bonds. The summed E-state index contributed by atoms with van der Waals surface area (Å²) < 4.78 is 4.78. The summed E-state index contributed by atoms with van der Waals surface area (Å²) in [7, 11) is 1.29. The molecular weight excluding hydrogens is 294 g/mol. The molecule has 0 saturated heterocycles. The third-order valence-electron chi connectivity index (χ3n) is 3.68. The summed E-state index contributed by atoms with van der Waals surface area (Å²) in [5.74, 6) is -0.525. The van der Waals surface area contributed by atoms with E-state index in [0.717, 1.165) is 16.3 Å². The molecule has 5 nitrogen and oxygen atoms in total. The van der Waals surface area contributed by atoms with Gasteiger partial charge in [-0.15, -0.1) is 0 Å². The van der Waals surface area contributed by atoms with Gasteiger partial charge in [0.25, 0.3) is 5.69 Å². The van der Waals surface area contributed by atoms with Crippen molar-refractivity contribution in [1.82, 2.24) is 0 Å². The van der Waals surface area contributed by atoms with Crippen LogP contribution in [0, 0.1) is 10.1 Å². The number of fused-ring (bicyclic) bond motifs is 1. The standard InChI is InChI=1S/C18H13NO4/c1-23-18(20)16-9-8-15(19(21)22)11-17(16)14-7-6-12-4-2-3-5-13(12)10-14/h2-11H,1H3. The lowest BCUT2D eigenvalue weighted by Crippen LogP contribution is -2.04. The molecular formula is C18H13NO4. The van der Waals surface area contributed by atoms with Crippen molar-refractivity contribution in [3.05, 3.63) is 76.3 Å². The van der Waals surface area contributed by atoms with E-state index in [0.29, 0.717) is 11.1 Å². The number of non-ortho nitro benzene ring substituents is 1. The predicted octanol–water partition coefficient (Wildman–Crippen LogP) is 4.20. The van der Waals surface area contributed by atoms with E-state index in [4.69, 9.17) is 4.74 Å². The second-order valence-corrected chi connectivity index (χ2v) is 5.04. The Hall–Kier alpha value is -3.21. The molecule has 3 rings (SSSR count). The number of nitro benzene ring substituents is 1. The minimum absolute atomic E-state index is 0.0687. The van der Waals surface area contributed by atoms with E-state index in [9.17, 15) is 14.9 Å². The molecule has 0 aliphatic rings. The van der Waals surface area contributed by atoms with E-state index in [-0.39, 0.29) is 5.69 Å². The van der Waals surface area contributed by atoms with Gasteiger partial charge in [0.15, 0.2) is 0 Å². The van der Waals surface area contributed by atoms with E-state index in [1.807, 2.05) is 42.5 Å². The van der Waals surface area contributed by atoms with Crippen molar-refractivity contribution in [3.63, 3.8) is 0 Å². The van der Waals surface area contributed by atoms with Gasteiger partial charge >= 0.3 is 5.97 Å². The molecule has 0 aliphatic carbocycles. The molecule has 0 heterocycles. The van der Waals surface area contributed by atoms with E-state index >= 15 is 0 Å². The Bertz CT molecular complexity index is 918. The lowest BCUT2D eigenvalue weighted by molar-refractivity contribution is -0.384. The van der Waals surface area contributed by atoms with Crippen LogP contribution in [-0.4, -0.2) is 18.0 Å². The van der Waals surface area contributed by atoms with Crippen molar-refractivity contribution in [2.24, 2.45) is 0 Å². The summed E-state index contributed by atoms with van der Waals surface area (Å²) in [6.07, 6.45) is 0. The van der Waals surface area contributed by atoms with Crippen LogP contribution < -0.4 is 0 Å². The largest absolute Gasteiger partial charge is 0.465 e. The van der Waals surface area contributed by atoms with Crippen molar-refractivity contribution < 1.29 is 14.5 Å². The van der Waals surface area contributed by atoms with Crippen molar-refractivity contribution >= 4 is 22.4 Å². The summed E-state index contributed by atoms with van der Waals surface area (Å²) in [6, 6.07) is 17.6. The predicted molar refractivity (Wildman–Crippen MR) is 87.4 cm³/mol. The first kappa shape index (κ1) is 14.7. The molecule has 0 radical (unpaired) electrons. The van der Waals surface area contributed by atoms with Crippen LogP contribution in [0.4, 0.5) is 5.69 Å². The number of rotatable bonds is 3. The molecule has 114 valence electrons. The van der Waals surface area contributed by atoms with Crippen molar-refractivity contribution in [1.29, 1.82) is 0 Å². The Labute approximate surface area is 132 Å². The fraction of sp³-hybridized carbons (Fsp3) is 0.0556. The van der Waals surface area contributed by atoms with Crippen LogP contribution in [0.3, 0.4) is 0 Å². The molecule has 0 spiro atoms. The molecule has 0 N–H and O–H groups in total. The number of carbonyl (C=O) groups excluding carboxylic acids is 1. The topological polar surface area (TPSA) is 69.4 Å². The van der Waals surface area contributed by atoms with Gasteiger partial charge in [0.2, 0.25) is 0 Å². The van der Waals surface area contributed by atoms with Crippen LogP contribution in [0.25, 0.3) is 21.9 Å². The smallest absolute Gasteiger partial charge is 0.338 e. The maximum absolute atomic E-state index is 12.0. The molecule has 0 aromatic heterocycles. The Kier molecular flexibility index (Phi) is 3.76. The molecule has 0 atom stereocenters. The summed E-state index contributed by atoms with van der Waals surface area (Å²) in [5, 5.41) is 13.1. The van der Waals surface area contributed by atoms with Crippen molar-refractivity contribution in [2.75, 3.05) is 7.11 Å². The van der Waals surface area contributed by atoms with Crippen LogP contribution >= 0.6 is 0 Å². The van der Waals surface area contributed by atoms with Crippen LogP contribution in [0.1, 0.15) is 10.4 Å². The van der Waals surface area contributed by atoms with Gasteiger partial charge in [0.1, 0.15) is 0 Å². The van der Waals surface area contributed by atoms with Gasteiger partial charge in [-0.05, 0) is 28.5 Å². The molecule has 23 heavy (non-hydrogen) atoms. The number of esters is 1. The molecule has 0 fully saturated rings. The van der Waals surface area contributed by atoms with Crippen LogP contribution in [-0.2, 0) is 4.74 Å². The highest BCUT2D eigenvalue weighted by molar-refractivity contribution is 5.99. The first-order chi connectivity index (χ1) is 11.1. The summed E-state index contributed by atoms with van der Waals surface area (Å²) in [4.78, 5) is 22.5. The van der Waals surface area contributed by atoms with E-state index in [1.54, 1.807) is 0 Å². The minimum Gasteiger partial charge on any atom is -0.465 e. The van der Waals surface area contributed by atoms with Gasteiger partial charge in [-0.2, -0.15) is 0 Å². The van der Waals surface area contributed by atoms with Crippen molar-refractivity contribution in [3.8, 4) is 11.1 Å². The monoisotopic (exact) mass is 307 g/mol. The SMILES string of the molecule is COC(=O)c1ccc([N+](=O)[O-])cc1-c1ccc2ccccc2c1. The Balaban J connectivity index is 2.23. The molecule has 5 heteroatoms. The van der Waals surface area contributed by atoms with E-state index in [1.165, 1.54) is 25.3 Å². The Morgan fingerprint density at radius 1 is 1.00 bits per heavy atom. The molecule has 0 aliphatic heterocycles. The van der Waals surface area contributed by atoms with Gasteiger partial charge < -0.3 is 4.74 Å². The summed E-state index contributed by atoms with van der Waals surface area (Å²) >= 11 is 0. The van der Waals surface area contributed by atoms with Gasteiger partial charge in [-0.3, -0.25) is 10.1 Å². The molecule has 3 aromatic rings. The highest BCUT2D eigenvalue weighted by Crippen LogP contribution is 2.30. The molecule has 0 saturated carbocycles. The average molecular weight is 307 g/mol. The summed E-state index contributed by atoms with van der Waals surface area (Å²) in [5.41, 5.74) is 1.44. The second-order valence-electron chi connectivity index (χ2n) is 5.04. The van der Waals surface area contributed by atoms with Gasteiger partial charge in [-0.1, -0.05) is 36.4 Å². The quantitative estimate of drug-likeness (QED) is 0.413. The normalized spacial score (nSPS) is 10.5. The third kappa shape index (κ3) is 2.76. The number of nitrogens with zero attached hydrogens (tertiary/aromatic N) is 1. The van der Waals surface area contributed by atoms with Gasteiger partial charge in [0.05, 0.1) is 17.6 Å². The summed E-state index contributed by atoms with van der Waals surface area (Å²) in [6.45, 7) is 0. The van der Waals surface area contributed by atoms with Crippen molar-refractivity contribution in [2.45, 2.75) is 0 Å². The number of benzene rings is 3. The number of hydrogen-bond acceptors (Lipinski definition) is 4. The number of carbonyl (C=O) groups is 1. The molecule has 3 aromatic carbocycles. The first-order valence-corrected chi connectivity index (χ1v) is 6.96. The number of nitro groups is 1. The van der Waals surface area contributed by atoms with Gasteiger partial charge in [0, 0.05) is 17.7 Å².